The van der Waals surface area contributed by atoms with Crippen LogP contribution in [0.3, 0.4) is 0 Å². The molecule has 0 aromatic carbocycles. The summed E-state index contributed by atoms with van der Waals surface area (Å²) in [5.41, 5.74) is 0. The predicted molar refractivity (Wildman–Crippen MR) is 77.8 cm³/mol. The van der Waals surface area contributed by atoms with Crippen molar-refractivity contribution in [2.24, 2.45) is 5.92 Å². The maximum Gasteiger partial charge on any atom is 0.223 e. The van der Waals surface area contributed by atoms with E-state index in [0.717, 1.165) is 51.6 Å². The maximum absolute atomic E-state index is 12.4. The molecule has 0 bridgehead atoms. The molecule has 1 amide bonds. The summed E-state index contributed by atoms with van der Waals surface area (Å²) in [7, 11) is -3.19. The van der Waals surface area contributed by atoms with E-state index in [1.165, 1.54) is 0 Å². The lowest BCUT2D eigenvalue weighted by molar-refractivity contribution is -0.135. The molecule has 2 saturated heterocycles. The molecule has 0 aliphatic carbocycles. The predicted octanol–water partition coefficient (Wildman–Crippen LogP) is -0.0837. The summed E-state index contributed by atoms with van der Waals surface area (Å²) < 4.78 is 24.9. The second-order valence-corrected chi connectivity index (χ2v) is 7.75. The van der Waals surface area contributed by atoms with Crippen LogP contribution in [0.4, 0.5) is 0 Å². The summed E-state index contributed by atoms with van der Waals surface area (Å²) in [5.74, 6) is 0.617. The standard InChI is InChI=1S/C13H25N3O3S/c1-20(18,19)15-10-12-4-2-3-7-16(12)13(17)8-11-5-6-14-9-11/h11-12,14-15H,2-10H2,1H3. The Labute approximate surface area is 121 Å². The highest BCUT2D eigenvalue weighted by molar-refractivity contribution is 7.88. The number of nitrogens with one attached hydrogen (secondary N) is 2. The molecule has 2 unspecified atom stereocenters. The quantitative estimate of drug-likeness (QED) is 0.744. The minimum atomic E-state index is -3.19. The molecule has 2 fully saturated rings. The molecule has 2 N–H and O–H groups in total. The van der Waals surface area contributed by atoms with Crippen LogP contribution < -0.4 is 10.0 Å². The molecule has 0 aromatic rings. The average Bonchev–Trinajstić information content (AvgIpc) is 2.88. The van der Waals surface area contributed by atoms with Gasteiger partial charge in [-0.25, -0.2) is 13.1 Å². The zero-order valence-electron chi connectivity index (χ0n) is 12.1. The van der Waals surface area contributed by atoms with Gasteiger partial charge in [0.2, 0.25) is 15.9 Å². The molecule has 0 saturated carbocycles. The van der Waals surface area contributed by atoms with Crippen molar-refractivity contribution >= 4 is 15.9 Å². The van der Waals surface area contributed by atoms with Crippen molar-refractivity contribution in [1.82, 2.24) is 14.9 Å². The van der Waals surface area contributed by atoms with Crippen LogP contribution in [0.1, 0.15) is 32.1 Å². The van der Waals surface area contributed by atoms with E-state index >= 15 is 0 Å². The van der Waals surface area contributed by atoms with Crippen molar-refractivity contribution < 1.29 is 13.2 Å². The first-order chi connectivity index (χ1) is 9.46. The van der Waals surface area contributed by atoms with Gasteiger partial charge < -0.3 is 10.2 Å². The van der Waals surface area contributed by atoms with E-state index in [1.807, 2.05) is 4.90 Å². The van der Waals surface area contributed by atoms with Crippen LogP contribution in [0.25, 0.3) is 0 Å². The van der Waals surface area contributed by atoms with E-state index in [9.17, 15) is 13.2 Å². The fourth-order valence-corrected chi connectivity index (χ4v) is 3.54. The van der Waals surface area contributed by atoms with Gasteiger partial charge in [-0.2, -0.15) is 0 Å². The molecular weight excluding hydrogens is 278 g/mol. The lowest BCUT2D eigenvalue weighted by Crippen LogP contribution is -2.49. The van der Waals surface area contributed by atoms with Crippen molar-refractivity contribution in [2.45, 2.75) is 38.1 Å². The second kappa shape index (κ2) is 6.87. The number of rotatable bonds is 5. The summed E-state index contributed by atoms with van der Waals surface area (Å²) in [5, 5.41) is 3.27. The third kappa shape index (κ3) is 4.71. The van der Waals surface area contributed by atoms with Gasteiger partial charge in [0.25, 0.3) is 0 Å². The summed E-state index contributed by atoms with van der Waals surface area (Å²) >= 11 is 0. The number of carbonyl (C=O) groups excluding carboxylic acids is 1. The highest BCUT2D eigenvalue weighted by Crippen LogP contribution is 2.21. The van der Waals surface area contributed by atoms with Gasteiger partial charge in [0.05, 0.1) is 6.26 Å². The SMILES string of the molecule is CS(=O)(=O)NCC1CCCCN1C(=O)CC1CCNC1. The first kappa shape index (κ1) is 15.7. The molecule has 2 rings (SSSR count). The van der Waals surface area contributed by atoms with E-state index in [0.29, 0.717) is 18.9 Å². The Morgan fingerprint density at radius 1 is 1.35 bits per heavy atom. The Morgan fingerprint density at radius 3 is 2.80 bits per heavy atom. The van der Waals surface area contributed by atoms with Crippen LogP contribution in [-0.4, -0.2) is 57.7 Å². The lowest BCUT2D eigenvalue weighted by Gasteiger charge is -2.36. The number of amides is 1. The smallest absolute Gasteiger partial charge is 0.223 e. The van der Waals surface area contributed by atoms with Crippen LogP contribution in [-0.2, 0) is 14.8 Å². The molecule has 116 valence electrons. The van der Waals surface area contributed by atoms with Crippen LogP contribution in [0.2, 0.25) is 0 Å². The summed E-state index contributed by atoms with van der Waals surface area (Å²) in [4.78, 5) is 14.3. The number of nitrogens with zero attached hydrogens (tertiary/aromatic N) is 1. The van der Waals surface area contributed by atoms with Gasteiger partial charge in [-0.1, -0.05) is 0 Å². The number of hydrogen-bond acceptors (Lipinski definition) is 4. The lowest BCUT2D eigenvalue weighted by atomic mass is 9.99. The number of hydrogen-bond donors (Lipinski definition) is 2. The number of sulfonamides is 1. The molecule has 2 heterocycles. The monoisotopic (exact) mass is 303 g/mol. The maximum atomic E-state index is 12.4. The van der Waals surface area contributed by atoms with Crippen LogP contribution in [0.15, 0.2) is 0 Å². The molecule has 7 heteroatoms. The minimum Gasteiger partial charge on any atom is -0.338 e. The first-order valence-electron chi connectivity index (χ1n) is 7.40. The van der Waals surface area contributed by atoms with Crippen molar-refractivity contribution in [3.05, 3.63) is 0 Å². The van der Waals surface area contributed by atoms with Gasteiger partial charge in [0, 0.05) is 25.6 Å². The van der Waals surface area contributed by atoms with Crippen LogP contribution in [0, 0.1) is 5.92 Å². The van der Waals surface area contributed by atoms with Crippen molar-refractivity contribution in [3.63, 3.8) is 0 Å². The molecule has 2 aliphatic heterocycles. The molecule has 2 atom stereocenters. The largest absolute Gasteiger partial charge is 0.338 e. The average molecular weight is 303 g/mol. The highest BCUT2D eigenvalue weighted by Gasteiger charge is 2.29. The molecule has 0 radical (unpaired) electrons. The highest BCUT2D eigenvalue weighted by atomic mass is 32.2. The first-order valence-corrected chi connectivity index (χ1v) is 9.29. The van der Waals surface area contributed by atoms with Crippen LogP contribution >= 0.6 is 0 Å². The molecule has 0 aromatic heterocycles. The summed E-state index contributed by atoms with van der Waals surface area (Å²) in [6.07, 6.45) is 5.77. The van der Waals surface area contributed by atoms with E-state index in [4.69, 9.17) is 0 Å². The van der Waals surface area contributed by atoms with Crippen LogP contribution in [0.5, 0.6) is 0 Å². The molecule has 6 nitrogen and oxygen atoms in total. The topological polar surface area (TPSA) is 78.5 Å². The molecule has 0 spiro atoms. The third-order valence-electron chi connectivity index (χ3n) is 4.15. The molecular formula is C13H25N3O3S. The van der Waals surface area contributed by atoms with E-state index in [2.05, 4.69) is 10.0 Å². The van der Waals surface area contributed by atoms with Gasteiger partial charge in [0.15, 0.2) is 0 Å². The summed E-state index contributed by atoms with van der Waals surface area (Å²) in [6, 6.07) is 0.0142. The Bertz CT molecular complexity index is 432. The Balaban J connectivity index is 1.89. The van der Waals surface area contributed by atoms with E-state index in [-0.39, 0.29) is 11.9 Å². The number of piperidine rings is 1. The second-order valence-electron chi connectivity index (χ2n) is 5.92. The van der Waals surface area contributed by atoms with E-state index < -0.39 is 10.0 Å². The Morgan fingerprint density at radius 2 is 2.15 bits per heavy atom. The molecule has 2 aliphatic rings. The summed E-state index contributed by atoms with van der Waals surface area (Å²) in [6.45, 7) is 3.02. The number of likely N-dealkylation sites (tertiary alicyclic amines) is 1. The molecule has 20 heavy (non-hydrogen) atoms. The van der Waals surface area contributed by atoms with Crippen molar-refractivity contribution in [1.29, 1.82) is 0 Å². The minimum absolute atomic E-state index is 0.0142. The van der Waals surface area contributed by atoms with Gasteiger partial charge in [-0.05, 0) is 44.7 Å². The third-order valence-corrected chi connectivity index (χ3v) is 4.85. The van der Waals surface area contributed by atoms with Gasteiger partial charge in [0.1, 0.15) is 0 Å². The van der Waals surface area contributed by atoms with Crippen molar-refractivity contribution in [3.8, 4) is 0 Å². The van der Waals surface area contributed by atoms with Gasteiger partial charge >= 0.3 is 0 Å². The zero-order chi connectivity index (χ0) is 14.6. The Hall–Kier alpha value is -0.660. The van der Waals surface area contributed by atoms with E-state index in [1.54, 1.807) is 0 Å². The zero-order valence-corrected chi connectivity index (χ0v) is 12.9. The van der Waals surface area contributed by atoms with Crippen molar-refractivity contribution in [2.75, 3.05) is 32.4 Å². The normalized spacial score (nSPS) is 27.8. The fraction of sp³-hybridized carbons (Fsp3) is 0.923. The number of carbonyl (C=O) groups is 1. The van der Waals surface area contributed by atoms with Gasteiger partial charge in [-0.15, -0.1) is 0 Å². The fourth-order valence-electron chi connectivity index (χ4n) is 3.04. The Kier molecular flexibility index (Phi) is 5.40. The van der Waals surface area contributed by atoms with Gasteiger partial charge in [-0.3, -0.25) is 4.79 Å².